The van der Waals surface area contributed by atoms with Gasteiger partial charge in [-0.2, -0.15) is 0 Å². The van der Waals surface area contributed by atoms with Crippen LogP contribution in [0.4, 0.5) is 0 Å². The second kappa shape index (κ2) is 7.08. The average Bonchev–Trinajstić information content (AvgIpc) is 2.32. The molecule has 2 atom stereocenters. The standard InChI is InChI=1S/C6H8O6.2Na.2H/c7-1-2(8)5-3(9)4(10)6(11)12-5;;;;/h2,5,7-10H,1H2;;;;/t2-,5+;;;;/m0..../s1. The molecule has 1 rings (SSSR count). The van der Waals surface area contributed by atoms with Gasteiger partial charge in [0.25, 0.3) is 0 Å². The Bertz CT molecular complexity index is 240. The van der Waals surface area contributed by atoms with Crippen LogP contribution in [0.15, 0.2) is 11.5 Å². The summed E-state index contributed by atoms with van der Waals surface area (Å²) in [6, 6.07) is 0. The van der Waals surface area contributed by atoms with Crippen LogP contribution in [0.2, 0.25) is 0 Å². The van der Waals surface area contributed by atoms with Gasteiger partial charge in [0.05, 0.1) is 6.61 Å². The van der Waals surface area contributed by atoms with Crippen LogP contribution in [0.3, 0.4) is 0 Å². The monoisotopic (exact) mass is 224 g/mol. The molecule has 0 saturated carbocycles. The van der Waals surface area contributed by atoms with Gasteiger partial charge in [-0.1, -0.05) is 0 Å². The Balaban J connectivity index is 0. The first-order valence-corrected chi connectivity index (χ1v) is 3.20. The van der Waals surface area contributed by atoms with Crippen molar-refractivity contribution in [2.75, 3.05) is 6.61 Å². The molecule has 0 aromatic heterocycles. The molecule has 0 amide bonds. The van der Waals surface area contributed by atoms with E-state index >= 15 is 0 Å². The number of hydrogen-bond acceptors (Lipinski definition) is 6. The number of aliphatic hydroxyl groups excluding tert-OH is 4. The maximum atomic E-state index is 10.5. The predicted octanol–water partition coefficient (Wildman–Crippen LogP) is -2.70. The number of esters is 1. The fourth-order valence-electron chi connectivity index (χ4n) is 0.823. The molecule has 0 fully saturated rings. The summed E-state index contributed by atoms with van der Waals surface area (Å²) >= 11 is 0. The van der Waals surface area contributed by atoms with Gasteiger partial charge in [-0.05, 0) is 0 Å². The summed E-state index contributed by atoms with van der Waals surface area (Å²) in [6.07, 6.45) is -2.78. The van der Waals surface area contributed by atoms with E-state index in [1.54, 1.807) is 0 Å². The van der Waals surface area contributed by atoms with Gasteiger partial charge in [-0.25, -0.2) is 4.79 Å². The summed E-state index contributed by atoms with van der Waals surface area (Å²) in [5, 5.41) is 35.0. The zero-order valence-electron chi connectivity index (χ0n) is 5.97. The molecule has 0 aliphatic carbocycles. The molecule has 0 spiro atoms. The third-order valence-electron chi connectivity index (χ3n) is 1.48. The number of aliphatic hydroxyl groups is 4. The minimum atomic E-state index is -1.42. The zero-order valence-corrected chi connectivity index (χ0v) is 5.97. The van der Waals surface area contributed by atoms with E-state index < -0.39 is 36.3 Å². The fraction of sp³-hybridized carbons (Fsp3) is 0.500. The molecule has 1 heterocycles. The molecule has 1 aliphatic rings. The van der Waals surface area contributed by atoms with Crippen LogP contribution < -0.4 is 0 Å². The van der Waals surface area contributed by atoms with Gasteiger partial charge >= 0.3 is 65.1 Å². The topological polar surface area (TPSA) is 107 Å². The summed E-state index contributed by atoms with van der Waals surface area (Å²) in [7, 11) is 0. The van der Waals surface area contributed by atoms with Gasteiger partial charge in [-0.3, -0.25) is 0 Å². The molecule has 0 radical (unpaired) electrons. The molecule has 0 unspecified atom stereocenters. The first kappa shape index (κ1) is 17.1. The third kappa shape index (κ3) is 3.39. The van der Waals surface area contributed by atoms with Crippen LogP contribution in [0.25, 0.3) is 0 Å². The Kier molecular flexibility index (Phi) is 8.66. The van der Waals surface area contributed by atoms with E-state index in [1.807, 2.05) is 0 Å². The van der Waals surface area contributed by atoms with Crippen molar-refractivity contribution in [2.24, 2.45) is 0 Å². The van der Waals surface area contributed by atoms with Gasteiger partial charge in [0.2, 0.25) is 5.76 Å². The van der Waals surface area contributed by atoms with Gasteiger partial charge in [0.15, 0.2) is 11.9 Å². The van der Waals surface area contributed by atoms with Gasteiger partial charge in [-0.15, -0.1) is 0 Å². The van der Waals surface area contributed by atoms with Crippen molar-refractivity contribution in [1.29, 1.82) is 0 Å². The molecule has 4 N–H and O–H groups in total. The minimum absolute atomic E-state index is 0. The Labute approximate surface area is 124 Å². The van der Waals surface area contributed by atoms with Crippen LogP contribution in [0, 0.1) is 0 Å². The van der Waals surface area contributed by atoms with Crippen LogP contribution in [-0.2, 0) is 9.53 Å². The fourth-order valence-corrected chi connectivity index (χ4v) is 0.823. The van der Waals surface area contributed by atoms with Crippen molar-refractivity contribution in [2.45, 2.75) is 12.2 Å². The number of carbonyl (C=O) groups is 1. The Morgan fingerprint density at radius 1 is 1.36 bits per heavy atom. The van der Waals surface area contributed by atoms with Crippen molar-refractivity contribution in [3.8, 4) is 0 Å². The van der Waals surface area contributed by atoms with E-state index in [9.17, 15) is 4.79 Å². The van der Waals surface area contributed by atoms with E-state index in [4.69, 9.17) is 20.4 Å². The molecule has 14 heavy (non-hydrogen) atoms. The number of rotatable bonds is 2. The predicted molar refractivity (Wildman–Crippen MR) is 49.6 cm³/mol. The zero-order chi connectivity index (χ0) is 9.30. The number of hydrogen-bond donors (Lipinski definition) is 4. The summed E-state index contributed by atoms with van der Waals surface area (Å²) in [6.45, 7) is -0.671. The van der Waals surface area contributed by atoms with E-state index in [-0.39, 0.29) is 59.1 Å². The molecule has 0 aromatic rings. The second-order valence-corrected chi connectivity index (χ2v) is 2.31. The molecule has 0 saturated heterocycles. The Morgan fingerprint density at radius 3 is 2.14 bits per heavy atom. The molecule has 0 bridgehead atoms. The maximum absolute atomic E-state index is 10.5. The van der Waals surface area contributed by atoms with Crippen molar-refractivity contribution < 1.29 is 30.0 Å². The van der Waals surface area contributed by atoms with Crippen LogP contribution in [0.5, 0.6) is 0 Å². The van der Waals surface area contributed by atoms with Crippen molar-refractivity contribution in [3.63, 3.8) is 0 Å². The first-order valence-electron chi connectivity index (χ1n) is 3.20. The average molecular weight is 224 g/mol. The first-order chi connectivity index (χ1) is 5.57. The van der Waals surface area contributed by atoms with Crippen LogP contribution in [-0.4, -0.2) is 104 Å². The summed E-state index contributed by atoms with van der Waals surface area (Å²) < 4.78 is 4.32. The Morgan fingerprint density at radius 2 is 1.86 bits per heavy atom. The molecular weight excluding hydrogens is 214 g/mol. The molecule has 0 aromatic carbocycles. The molecule has 6 nitrogen and oxygen atoms in total. The SMILES string of the molecule is O=C1O[C@H]([C@@H](O)CO)C(O)=C1O.[NaH].[NaH]. The summed E-state index contributed by atoms with van der Waals surface area (Å²) in [5.41, 5.74) is 0. The van der Waals surface area contributed by atoms with Gasteiger partial charge in [0, 0.05) is 0 Å². The quantitative estimate of drug-likeness (QED) is 0.300. The Hall–Kier alpha value is 0.730. The number of cyclic esters (lactones) is 1. The molecule has 8 heteroatoms. The number of ether oxygens (including phenoxy) is 1. The van der Waals surface area contributed by atoms with E-state index in [2.05, 4.69) is 4.74 Å². The molecule has 72 valence electrons. The van der Waals surface area contributed by atoms with Crippen LogP contribution >= 0.6 is 0 Å². The summed E-state index contributed by atoms with van der Waals surface area (Å²) in [4.78, 5) is 10.5. The van der Waals surface area contributed by atoms with Crippen molar-refractivity contribution >= 4 is 65.1 Å². The molecular formula is C6H10Na2O6. The van der Waals surface area contributed by atoms with E-state index in [0.717, 1.165) is 0 Å². The normalized spacial score (nSPS) is 22.1. The van der Waals surface area contributed by atoms with Crippen LogP contribution in [0.1, 0.15) is 0 Å². The number of carbonyl (C=O) groups excluding carboxylic acids is 1. The van der Waals surface area contributed by atoms with E-state index in [0.29, 0.717) is 0 Å². The second-order valence-electron chi connectivity index (χ2n) is 2.31. The molecule has 1 aliphatic heterocycles. The van der Waals surface area contributed by atoms with Gasteiger partial charge < -0.3 is 25.2 Å². The third-order valence-corrected chi connectivity index (χ3v) is 1.48. The van der Waals surface area contributed by atoms with Crippen molar-refractivity contribution in [3.05, 3.63) is 11.5 Å². The summed E-state index contributed by atoms with van der Waals surface area (Å²) in [5.74, 6) is -2.78. The van der Waals surface area contributed by atoms with Gasteiger partial charge in [0.1, 0.15) is 6.10 Å². The van der Waals surface area contributed by atoms with Crippen molar-refractivity contribution in [1.82, 2.24) is 0 Å². The van der Waals surface area contributed by atoms with E-state index in [1.165, 1.54) is 0 Å².